The second kappa shape index (κ2) is 11.4. The number of para-hydroxylation sites is 1. The number of ether oxygens (including phenoxy) is 1. The molecule has 0 aliphatic carbocycles. The van der Waals surface area contributed by atoms with Crippen molar-refractivity contribution in [1.29, 1.82) is 0 Å². The first-order chi connectivity index (χ1) is 17.9. The van der Waals surface area contributed by atoms with E-state index >= 15 is 0 Å². The van der Waals surface area contributed by atoms with Gasteiger partial charge in [0.25, 0.3) is 0 Å². The molecule has 0 saturated carbocycles. The molecular weight excluding hydrogens is 520 g/mol. The molecule has 0 unspecified atom stereocenters. The first-order valence-electron chi connectivity index (χ1n) is 12.8. The number of benzene rings is 2. The second-order valence-electron chi connectivity index (χ2n) is 11.0. The summed E-state index contributed by atoms with van der Waals surface area (Å²) >= 11 is 7.81. The van der Waals surface area contributed by atoms with Crippen molar-refractivity contribution in [3.05, 3.63) is 64.8 Å². The number of nitrogens with one attached hydrogen (secondary N) is 2. The molecule has 38 heavy (non-hydrogen) atoms. The average Bonchev–Trinajstić information content (AvgIpc) is 3.35. The fourth-order valence-electron chi connectivity index (χ4n) is 4.39. The number of anilines is 2. The quantitative estimate of drug-likeness (QED) is 0.310. The molecule has 4 rings (SSSR count). The van der Waals surface area contributed by atoms with Crippen LogP contribution in [0.1, 0.15) is 58.4 Å². The molecule has 2 N–H and O–H groups in total. The smallest absolute Gasteiger partial charge is 0.326 e. The Bertz CT molecular complexity index is 1280. The number of rotatable bonds is 6. The Morgan fingerprint density at radius 1 is 1.00 bits per heavy atom. The van der Waals surface area contributed by atoms with Gasteiger partial charge in [0.2, 0.25) is 0 Å². The van der Waals surface area contributed by atoms with Gasteiger partial charge in [0, 0.05) is 17.8 Å². The van der Waals surface area contributed by atoms with Crippen LogP contribution in [0.2, 0.25) is 5.02 Å². The normalized spacial score (nSPS) is 15.2. The van der Waals surface area contributed by atoms with E-state index in [2.05, 4.69) is 15.5 Å². The van der Waals surface area contributed by atoms with Crippen molar-refractivity contribution < 1.29 is 14.3 Å². The Balaban J connectivity index is 1.32. The summed E-state index contributed by atoms with van der Waals surface area (Å²) in [6.45, 7) is 11.2. The molecule has 3 aromatic rings. The molecule has 0 spiro atoms. The Morgan fingerprint density at radius 3 is 2.29 bits per heavy atom. The topological polar surface area (TPSA) is 83.6 Å². The summed E-state index contributed by atoms with van der Waals surface area (Å²) in [6.07, 6.45) is 3.81. The lowest BCUT2D eigenvalue weighted by Gasteiger charge is -2.41. The summed E-state index contributed by atoms with van der Waals surface area (Å²) in [7, 11) is 0. The van der Waals surface area contributed by atoms with Crippen molar-refractivity contribution >= 4 is 46.3 Å². The van der Waals surface area contributed by atoms with E-state index in [1.54, 1.807) is 23.5 Å². The van der Waals surface area contributed by atoms with E-state index in [-0.39, 0.29) is 12.0 Å². The Labute approximate surface area is 233 Å². The van der Waals surface area contributed by atoms with Crippen LogP contribution >= 0.6 is 22.9 Å². The fraction of sp³-hybridized carbons (Fsp3) is 0.414. The van der Waals surface area contributed by atoms with Crippen molar-refractivity contribution in [2.45, 2.75) is 64.5 Å². The van der Waals surface area contributed by atoms with Crippen molar-refractivity contribution in [1.82, 2.24) is 9.88 Å². The minimum Gasteiger partial charge on any atom is -0.459 e. The minimum atomic E-state index is -0.660. The summed E-state index contributed by atoms with van der Waals surface area (Å²) in [5.41, 5.74) is 1.13. The van der Waals surface area contributed by atoms with Crippen LogP contribution in [0.5, 0.6) is 0 Å². The largest absolute Gasteiger partial charge is 0.459 e. The van der Waals surface area contributed by atoms with E-state index < -0.39 is 11.1 Å². The lowest BCUT2D eigenvalue weighted by atomic mass is 9.92. The Kier molecular flexibility index (Phi) is 8.45. The number of nitrogens with zero attached hydrogens (tertiary/aromatic N) is 2. The monoisotopic (exact) mass is 554 g/mol. The van der Waals surface area contributed by atoms with E-state index in [0.717, 1.165) is 41.4 Å². The number of piperidine rings is 1. The molecule has 1 fully saturated rings. The predicted molar refractivity (Wildman–Crippen MR) is 155 cm³/mol. The van der Waals surface area contributed by atoms with Gasteiger partial charge in [-0.2, -0.15) is 0 Å². The molecule has 9 heteroatoms. The summed E-state index contributed by atoms with van der Waals surface area (Å²) in [6, 6.07) is 14.5. The number of carbonyl (C=O) groups is 2. The molecule has 0 atom stereocenters. The van der Waals surface area contributed by atoms with Gasteiger partial charge in [-0.05, 0) is 90.4 Å². The SMILES string of the molecule is CC(C)(C)OC(=O)C(C)(C)N1CCC(c2ncc(-c3ccc(NC(=O)Nc4ccccc4Cl)cc3)s2)CC1. The van der Waals surface area contributed by atoms with Crippen LogP contribution in [-0.4, -0.2) is 46.1 Å². The summed E-state index contributed by atoms with van der Waals surface area (Å²) in [4.78, 5) is 33.1. The van der Waals surface area contributed by atoms with Gasteiger partial charge in [-0.25, -0.2) is 9.78 Å². The molecule has 0 bridgehead atoms. The molecule has 1 aromatic heterocycles. The van der Waals surface area contributed by atoms with Gasteiger partial charge in [-0.1, -0.05) is 35.9 Å². The maximum absolute atomic E-state index is 12.8. The summed E-state index contributed by atoms with van der Waals surface area (Å²) in [5, 5.41) is 7.19. The Hall–Kier alpha value is -2.94. The number of urea groups is 1. The number of thiazole rings is 1. The third-order valence-electron chi connectivity index (χ3n) is 6.61. The van der Waals surface area contributed by atoms with Crippen molar-refractivity contribution in [3.8, 4) is 10.4 Å². The lowest BCUT2D eigenvalue weighted by molar-refractivity contribution is -0.168. The number of aromatic nitrogens is 1. The van der Waals surface area contributed by atoms with Gasteiger partial charge in [-0.15, -0.1) is 11.3 Å². The minimum absolute atomic E-state index is 0.181. The highest BCUT2D eigenvalue weighted by atomic mass is 35.5. The van der Waals surface area contributed by atoms with E-state index in [0.29, 0.717) is 22.3 Å². The van der Waals surface area contributed by atoms with Crippen LogP contribution in [0, 0.1) is 0 Å². The first kappa shape index (κ1) is 28.1. The maximum atomic E-state index is 12.8. The highest BCUT2D eigenvalue weighted by molar-refractivity contribution is 7.15. The van der Waals surface area contributed by atoms with Gasteiger partial charge < -0.3 is 15.4 Å². The zero-order valence-corrected chi connectivity index (χ0v) is 24.1. The van der Waals surface area contributed by atoms with Gasteiger partial charge in [0.05, 0.1) is 20.6 Å². The Morgan fingerprint density at radius 2 is 1.66 bits per heavy atom. The van der Waals surface area contributed by atoms with E-state index in [9.17, 15) is 9.59 Å². The molecule has 2 amide bonds. The van der Waals surface area contributed by atoms with Crippen molar-refractivity contribution in [3.63, 3.8) is 0 Å². The second-order valence-corrected chi connectivity index (χ2v) is 12.5. The van der Waals surface area contributed by atoms with Crippen LogP contribution in [-0.2, 0) is 9.53 Å². The molecular formula is C29H35ClN4O3S. The van der Waals surface area contributed by atoms with E-state index in [1.807, 2.05) is 77.2 Å². The highest BCUT2D eigenvalue weighted by Gasteiger charge is 2.40. The van der Waals surface area contributed by atoms with Crippen LogP contribution in [0.25, 0.3) is 10.4 Å². The first-order valence-corrected chi connectivity index (χ1v) is 14.0. The molecule has 1 aliphatic heterocycles. The number of amides is 2. The lowest BCUT2D eigenvalue weighted by Crippen LogP contribution is -2.54. The molecule has 7 nitrogen and oxygen atoms in total. The summed E-state index contributed by atoms with van der Waals surface area (Å²) in [5.74, 6) is 0.188. The number of hydrogen-bond donors (Lipinski definition) is 2. The number of carbonyl (C=O) groups excluding carboxylic acids is 2. The van der Waals surface area contributed by atoms with Gasteiger partial charge in [-0.3, -0.25) is 9.69 Å². The number of esters is 1. The molecule has 1 aliphatic rings. The van der Waals surface area contributed by atoms with Crippen molar-refractivity contribution in [2.24, 2.45) is 0 Å². The number of likely N-dealkylation sites (tertiary alicyclic amines) is 1. The molecule has 1 saturated heterocycles. The third kappa shape index (κ3) is 6.92. The number of halogens is 1. The van der Waals surface area contributed by atoms with Crippen LogP contribution in [0.4, 0.5) is 16.2 Å². The van der Waals surface area contributed by atoms with Gasteiger partial charge >= 0.3 is 12.0 Å². The maximum Gasteiger partial charge on any atom is 0.326 e. The molecule has 2 heterocycles. The molecule has 2 aromatic carbocycles. The molecule has 202 valence electrons. The number of hydrogen-bond acceptors (Lipinski definition) is 6. The van der Waals surface area contributed by atoms with Gasteiger partial charge in [0.15, 0.2) is 0 Å². The van der Waals surface area contributed by atoms with Gasteiger partial charge in [0.1, 0.15) is 11.1 Å². The molecule has 0 radical (unpaired) electrons. The van der Waals surface area contributed by atoms with Crippen LogP contribution < -0.4 is 10.6 Å². The summed E-state index contributed by atoms with van der Waals surface area (Å²) < 4.78 is 5.66. The zero-order valence-electron chi connectivity index (χ0n) is 22.5. The van der Waals surface area contributed by atoms with Crippen molar-refractivity contribution in [2.75, 3.05) is 23.7 Å². The third-order valence-corrected chi connectivity index (χ3v) is 8.14. The van der Waals surface area contributed by atoms with Crippen LogP contribution in [0.3, 0.4) is 0 Å². The standard InChI is InChI=1S/C29H35ClN4O3S/c1-28(2,3)37-26(35)29(4,5)34-16-14-20(15-17-34)25-31-18-24(38-25)19-10-12-21(13-11-19)32-27(36)33-23-9-7-6-8-22(23)30/h6-13,18,20H,14-17H2,1-5H3,(H2,32,33,36). The predicted octanol–water partition coefficient (Wildman–Crippen LogP) is 7.41. The van der Waals surface area contributed by atoms with E-state index in [1.165, 1.54) is 0 Å². The van der Waals surface area contributed by atoms with Crippen LogP contribution in [0.15, 0.2) is 54.7 Å². The average molecular weight is 555 g/mol. The fourth-order valence-corrected chi connectivity index (χ4v) is 5.67. The highest BCUT2D eigenvalue weighted by Crippen LogP contribution is 2.37. The van der Waals surface area contributed by atoms with E-state index in [4.69, 9.17) is 21.3 Å². The zero-order chi connectivity index (χ0) is 27.5.